The summed E-state index contributed by atoms with van der Waals surface area (Å²) in [5.41, 5.74) is 0.912. The molecule has 1 N–H and O–H groups in total. The molecule has 4 heteroatoms. The highest BCUT2D eigenvalue weighted by Gasteiger charge is 2.16. The predicted octanol–water partition coefficient (Wildman–Crippen LogP) is 1.69. The fraction of sp³-hybridized carbons (Fsp3) is 0.538. The maximum atomic E-state index is 11.2. The second kappa shape index (κ2) is 5.66. The van der Waals surface area contributed by atoms with Crippen molar-refractivity contribution < 1.29 is 9.53 Å². The van der Waals surface area contributed by atoms with Crippen LogP contribution in [-0.4, -0.2) is 24.0 Å². The van der Waals surface area contributed by atoms with Crippen LogP contribution in [0.25, 0.3) is 0 Å². The van der Waals surface area contributed by atoms with Gasteiger partial charge < -0.3 is 10.1 Å². The summed E-state index contributed by atoms with van der Waals surface area (Å²) in [7, 11) is 0. The number of hydrogen-bond donors (Lipinski definition) is 1. The monoisotopic (exact) mass is 234 g/mol. The lowest BCUT2D eigenvalue weighted by molar-refractivity contribution is -0.120. The summed E-state index contributed by atoms with van der Waals surface area (Å²) in [5.74, 6) is 1.45. The highest BCUT2D eigenvalue weighted by Crippen LogP contribution is 2.19. The van der Waals surface area contributed by atoms with E-state index in [-0.39, 0.29) is 5.91 Å². The second-order valence-electron chi connectivity index (χ2n) is 4.44. The van der Waals surface area contributed by atoms with Crippen molar-refractivity contribution in [1.82, 2.24) is 10.3 Å². The van der Waals surface area contributed by atoms with E-state index in [9.17, 15) is 4.79 Å². The minimum atomic E-state index is 0.157. The zero-order chi connectivity index (χ0) is 12.1. The minimum Gasteiger partial charge on any atom is -0.491 e. The average Bonchev–Trinajstić information content (AvgIpc) is 2.53. The van der Waals surface area contributed by atoms with Gasteiger partial charge in [0.25, 0.3) is 0 Å². The Morgan fingerprint density at radius 1 is 1.53 bits per heavy atom. The number of aryl methyl sites for hydroxylation is 1. The predicted molar refractivity (Wildman–Crippen MR) is 64.8 cm³/mol. The lowest BCUT2D eigenvalue weighted by Gasteiger charge is -2.15. The Kier molecular flexibility index (Phi) is 3.96. The molecule has 0 saturated carbocycles. The van der Waals surface area contributed by atoms with Crippen molar-refractivity contribution in [2.24, 2.45) is 5.92 Å². The van der Waals surface area contributed by atoms with Crippen LogP contribution in [0.3, 0.4) is 0 Å². The van der Waals surface area contributed by atoms with Crippen molar-refractivity contribution in [3.63, 3.8) is 0 Å². The highest BCUT2D eigenvalue weighted by atomic mass is 16.5. The maximum absolute atomic E-state index is 11.2. The first-order valence-electron chi connectivity index (χ1n) is 6.07. The summed E-state index contributed by atoms with van der Waals surface area (Å²) < 4.78 is 5.77. The van der Waals surface area contributed by atoms with Crippen LogP contribution >= 0.6 is 0 Å². The summed E-state index contributed by atoms with van der Waals surface area (Å²) in [6, 6.07) is 3.81. The molecule has 92 valence electrons. The van der Waals surface area contributed by atoms with Gasteiger partial charge >= 0.3 is 0 Å². The first-order chi connectivity index (χ1) is 8.25. The van der Waals surface area contributed by atoms with Gasteiger partial charge in [-0.25, -0.2) is 0 Å². The number of pyridine rings is 1. The molecular weight excluding hydrogens is 216 g/mol. The van der Waals surface area contributed by atoms with Gasteiger partial charge in [-0.3, -0.25) is 9.78 Å². The maximum Gasteiger partial charge on any atom is 0.220 e. The van der Waals surface area contributed by atoms with E-state index in [4.69, 9.17) is 4.74 Å². The molecule has 1 unspecified atom stereocenters. The Hall–Kier alpha value is -1.58. The van der Waals surface area contributed by atoms with E-state index in [1.165, 1.54) is 0 Å². The molecule has 1 aromatic rings. The molecule has 0 spiro atoms. The van der Waals surface area contributed by atoms with Gasteiger partial charge in [0, 0.05) is 19.2 Å². The number of carbonyl (C=O) groups excluding carboxylic acids is 1. The van der Waals surface area contributed by atoms with Gasteiger partial charge in [-0.05, 0) is 37.8 Å². The first kappa shape index (κ1) is 11.9. The van der Waals surface area contributed by atoms with Gasteiger partial charge in [-0.2, -0.15) is 0 Å². The number of ether oxygens (including phenoxy) is 1. The van der Waals surface area contributed by atoms with E-state index in [0.29, 0.717) is 18.9 Å². The highest BCUT2D eigenvalue weighted by molar-refractivity contribution is 5.76. The standard InChI is InChI=1S/C13H18N2O2/c1-10-12(3-2-7-14-10)17-9-11-4-5-13(16)15-8-6-11/h2-3,7,11H,4-6,8-9H2,1H3,(H,15,16). The Morgan fingerprint density at radius 3 is 3.24 bits per heavy atom. The summed E-state index contributed by atoms with van der Waals surface area (Å²) >= 11 is 0. The van der Waals surface area contributed by atoms with Crippen molar-refractivity contribution >= 4 is 5.91 Å². The van der Waals surface area contributed by atoms with Crippen LogP contribution in [0.15, 0.2) is 18.3 Å². The molecule has 1 aromatic heterocycles. The van der Waals surface area contributed by atoms with Crippen LogP contribution in [0.2, 0.25) is 0 Å². The fourth-order valence-electron chi connectivity index (χ4n) is 1.98. The lowest BCUT2D eigenvalue weighted by Crippen LogP contribution is -2.21. The van der Waals surface area contributed by atoms with Gasteiger partial charge in [0.05, 0.1) is 12.3 Å². The van der Waals surface area contributed by atoms with Crippen LogP contribution in [0.5, 0.6) is 5.75 Å². The Morgan fingerprint density at radius 2 is 2.41 bits per heavy atom. The average molecular weight is 234 g/mol. The summed E-state index contributed by atoms with van der Waals surface area (Å²) in [6.07, 6.45) is 4.27. The summed E-state index contributed by atoms with van der Waals surface area (Å²) in [4.78, 5) is 15.4. The molecular formula is C13H18N2O2. The number of nitrogens with zero attached hydrogens (tertiary/aromatic N) is 1. The van der Waals surface area contributed by atoms with Crippen molar-refractivity contribution in [1.29, 1.82) is 0 Å². The van der Waals surface area contributed by atoms with Gasteiger partial charge in [0.1, 0.15) is 5.75 Å². The lowest BCUT2D eigenvalue weighted by atomic mass is 10.0. The Labute approximate surface area is 101 Å². The molecule has 17 heavy (non-hydrogen) atoms. The Bertz CT molecular complexity index is 393. The van der Waals surface area contributed by atoms with Gasteiger partial charge in [0.15, 0.2) is 0 Å². The van der Waals surface area contributed by atoms with Crippen LogP contribution in [0.1, 0.15) is 25.0 Å². The third kappa shape index (κ3) is 3.44. The van der Waals surface area contributed by atoms with Crippen LogP contribution < -0.4 is 10.1 Å². The Balaban J connectivity index is 1.85. The molecule has 4 nitrogen and oxygen atoms in total. The van der Waals surface area contributed by atoms with E-state index >= 15 is 0 Å². The van der Waals surface area contributed by atoms with Gasteiger partial charge in [-0.1, -0.05) is 0 Å². The topological polar surface area (TPSA) is 51.2 Å². The fourth-order valence-corrected chi connectivity index (χ4v) is 1.98. The molecule has 1 atom stereocenters. The molecule has 0 radical (unpaired) electrons. The molecule has 1 saturated heterocycles. The smallest absolute Gasteiger partial charge is 0.220 e. The second-order valence-corrected chi connectivity index (χ2v) is 4.44. The number of carbonyl (C=O) groups is 1. The number of aromatic nitrogens is 1. The summed E-state index contributed by atoms with van der Waals surface area (Å²) in [5, 5.41) is 2.88. The van der Waals surface area contributed by atoms with E-state index < -0.39 is 0 Å². The first-order valence-corrected chi connectivity index (χ1v) is 6.07. The SMILES string of the molecule is Cc1ncccc1OCC1CCNC(=O)CC1. The third-order valence-electron chi connectivity index (χ3n) is 3.09. The van der Waals surface area contributed by atoms with Crippen LogP contribution in [-0.2, 0) is 4.79 Å². The molecule has 2 rings (SSSR count). The molecule has 1 aliphatic heterocycles. The number of nitrogens with one attached hydrogen (secondary N) is 1. The van der Waals surface area contributed by atoms with Crippen LogP contribution in [0, 0.1) is 12.8 Å². The molecule has 1 fully saturated rings. The number of amides is 1. The molecule has 1 aliphatic rings. The normalized spacial score (nSPS) is 20.5. The van der Waals surface area contributed by atoms with E-state index in [1.807, 2.05) is 19.1 Å². The third-order valence-corrected chi connectivity index (χ3v) is 3.09. The van der Waals surface area contributed by atoms with Gasteiger partial charge in [-0.15, -0.1) is 0 Å². The van der Waals surface area contributed by atoms with Crippen molar-refractivity contribution in [3.05, 3.63) is 24.0 Å². The molecule has 0 aromatic carbocycles. The quantitative estimate of drug-likeness (QED) is 0.865. The van der Waals surface area contributed by atoms with Crippen molar-refractivity contribution in [2.45, 2.75) is 26.2 Å². The largest absolute Gasteiger partial charge is 0.491 e. The molecule has 0 bridgehead atoms. The van der Waals surface area contributed by atoms with Crippen LogP contribution in [0.4, 0.5) is 0 Å². The molecule has 1 amide bonds. The molecule has 2 heterocycles. The van der Waals surface area contributed by atoms with Crippen molar-refractivity contribution in [3.8, 4) is 5.75 Å². The number of rotatable bonds is 3. The molecule has 0 aliphatic carbocycles. The van der Waals surface area contributed by atoms with Gasteiger partial charge in [0.2, 0.25) is 5.91 Å². The zero-order valence-corrected chi connectivity index (χ0v) is 10.1. The minimum absolute atomic E-state index is 0.157. The van der Waals surface area contributed by atoms with Crippen molar-refractivity contribution in [2.75, 3.05) is 13.2 Å². The van der Waals surface area contributed by atoms with E-state index in [0.717, 1.165) is 30.8 Å². The number of hydrogen-bond acceptors (Lipinski definition) is 3. The summed E-state index contributed by atoms with van der Waals surface area (Å²) in [6.45, 7) is 3.37. The van der Waals surface area contributed by atoms with E-state index in [1.54, 1.807) is 6.20 Å². The zero-order valence-electron chi connectivity index (χ0n) is 10.1. The van der Waals surface area contributed by atoms with E-state index in [2.05, 4.69) is 10.3 Å².